The van der Waals surface area contributed by atoms with E-state index in [1.54, 1.807) is 25.4 Å². The average molecular weight is 332 g/mol. The quantitative estimate of drug-likeness (QED) is 0.656. The van der Waals surface area contributed by atoms with Crippen LogP contribution in [0.25, 0.3) is 0 Å². The van der Waals surface area contributed by atoms with Crippen LogP contribution in [0.5, 0.6) is 5.75 Å². The van der Waals surface area contributed by atoms with E-state index < -0.39 is 0 Å². The van der Waals surface area contributed by atoms with Gasteiger partial charge in [0, 0.05) is 22.3 Å². The van der Waals surface area contributed by atoms with Crippen molar-refractivity contribution in [3.63, 3.8) is 0 Å². The maximum atomic E-state index is 11.9. The van der Waals surface area contributed by atoms with Crippen molar-refractivity contribution in [2.45, 2.75) is 0 Å². The molecule has 0 saturated heterocycles. The first-order valence-electron chi connectivity index (χ1n) is 6.06. The van der Waals surface area contributed by atoms with Crippen LogP contribution in [-0.2, 0) is 0 Å². The number of methoxy groups -OCH3 is 1. The van der Waals surface area contributed by atoms with Gasteiger partial charge < -0.3 is 10.1 Å². The van der Waals surface area contributed by atoms with Gasteiger partial charge in [-0.1, -0.05) is 28.1 Å². The summed E-state index contributed by atoms with van der Waals surface area (Å²) in [5, 5.41) is 3.04. The van der Waals surface area contributed by atoms with Gasteiger partial charge in [-0.25, -0.2) is 0 Å². The Labute approximate surface area is 126 Å². The van der Waals surface area contributed by atoms with Gasteiger partial charge in [0.15, 0.2) is 5.78 Å². The van der Waals surface area contributed by atoms with Crippen molar-refractivity contribution in [1.82, 2.24) is 0 Å². The van der Waals surface area contributed by atoms with E-state index in [1.165, 1.54) is 6.08 Å². The summed E-state index contributed by atoms with van der Waals surface area (Å²) < 4.78 is 6.16. The number of carbonyl (C=O) groups excluding carboxylic acids is 1. The van der Waals surface area contributed by atoms with E-state index in [-0.39, 0.29) is 5.78 Å². The highest BCUT2D eigenvalue weighted by Gasteiger charge is 2.01. The smallest absolute Gasteiger partial charge is 0.187 e. The number of hydrogen-bond donors (Lipinski definition) is 1. The van der Waals surface area contributed by atoms with E-state index in [0.29, 0.717) is 5.56 Å². The lowest BCUT2D eigenvalue weighted by Gasteiger charge is -2.06. The summed E-state index contributed by atoms with van der Waals surface area (Å²) in [6.07, 6.45) is 3.11. The highest BCUT2D eigenvalue weighted by Crippen LogP contribution is 2.22. The van der Waals surface area contributed by atoms with E-state index in [4.69, 9.17) is 4.74 Å². The Morgan fingerprint density at radius 2 is 1.85 bits per heavy atom. The van der Waals surface area contributed by atoms with Gasteiger partial charge in [-0.3, -0.25) is 4.79 Å². The number of allylic oxidation sites excluding steroid dienone is 1. The van der Waals surface area contributed by atoms with Crippen molar-refractivity contribution in [3.8, 4) is 5.75 Å². The monoisotopic (exact) mass is 331 g/mol. The molecule has 0 atom stereocenters. The predicted molar refractivity (Wildman–Crippen MR) is 84.2 cm³/mol. The lowest BCUT2D eigenvalue weighted by Crippen LogP contribution is -1.97. The van der Waals surface area contributed by atoms with E-state index in [0.717, 1.165) is 15.9 Å². The number of ketones is 1. The number of benzene rings is 2. The number of carbonyl (C=O) groups is 1. The highest BCUT2D eigenvalue weighted by molar-refractivity contribution is 9.10. The van der Waals surface area contributed by atoms with Crippen LogP contribution in [0.15, 0.2) is 65.3 Å². The molecule has 0 aliphatic rings. The van der Waals surface area contributed by atoms with Gasteiger partial charge in [0.2, 0.25) is 0 Å². The standard InChI is InChI=1S/C16H14BrNO2/c1-20-16-5-3-2-4-14(16)18-11-10-15(19)12-6-8-13(17)9-7-12/h2-11,18H,1H3. The molecule has 0 amide bonds. The molecule has 0 bridgehead atoms. The molecule has 0 fully saturated rings. The Morgan fingerprint density at radius 1 is 1.15 bits per heavy atom. The molecule has 0 aromatic heterocycles. The Bertz CT molecular complexity index is 621. The van der Waals surface area contributed by atoms with Crippen LogP contribution in [0, 0.1) is 0 Å². The van der Waals surface area contributed by atoms with Crippen molar-refractivity contribution in [2.24, 2.45) is 0 Å². The summed E-state index contributed by atoms with van der Waals surface area (Å²) in [5.41, 5.74) is 1.46. The summed E-state index contributed by atoms with van der Waals surface area (Å²) in [4.78, 5) is 11.9. The molecule has 0 aliphatic heterocycles. The maximum absolute atomic E-state index is 11.9. The molecule has 0 heterocycles. The van der Waals surface area contributed by atoms with Gasteiger partial charge in [-0.15, -0.1) is 0 Å². The number of para-hydroxylation sites is 2. The summed E-state index contributed by atoms with van der Waals surface area (Å²) in [6, 6.07) is 14.8. The van der Waals surface area contributed by atoms with Crippen LogP contribution < -0.4 is 10.1 Å². The number of rotatable bonds is 5. The van der Waals surface area contributed by atoms with Crippen molar-refractivity contribution in [3.05, 3.63) is 70.8 Å². The SMILES string of the molecule is COc1ccccc1NC=CC(=O)c1ccc(Br)cc1. The third kappa shape index (κ3) is 3.71. The van der Waals surface area contributed by atoms with Gasteiger partial charge in [0.25, 0.3) is 0 Å². The van der Waals surface area contributed by atoms with Crippen molar-refractivity contribution in [1.29, 1.82) is 0 Å². The lowest BCUT2D eigenvalue weighted by atomic mass is 10.1. The maximum Gasteiger partial charge on any atom is 0.187 e. The molecule has 2 aromatic rings. The van der Waals surface area contributed by atoms with Gasteiger partial charge in [0.1, 0.15) is 5.75 Å². The van der Waals surface area contributed by atoms with Crippen molar-refractivity contribution in [2.75, 3.05) is 12.4 Å². The van der Waals surface area contributed by atoms with Crippen molar-refractivity contribution >= 4 is 27.4 Å². The number of halogens is 1. The molecule has 0 aliphatic carbocycles. The third-order valence-electron chi connectivity index (χ3n) is 2.71. The topological polar surface area (TPSA) is 38.3 Å². The lowest BCUT2D eigenvalue weighted by molar-refractivity contribution is 0.104. The molecule has 2 rings (SSSR count). The van der Waals surface area contributed by atoms with Crippen LogP contribution in [0.1, 0.15) is 10.4 Å². The van der Waals surface area contributed by atoms with E-state index in [9.17, 15) is 4.79 Å². The summed E-state index contributed by atoms with van der Waals surface area (Å²) in [5.74, 6) is 0.674. The Balaban J connectivity index is 2.03. The minimum absolute atomic E-state index is 0.0557. The zero-order valence-electron chi connectivity index (χ0n) is 11.0. The van der Waals surface area contributed by atoms with E-state index >= 15 is 0 Å². The van der Waals surface area contributed by atoms with Gasteiger partial charge >= 0.3 is 0 Å². The second-order valence-corrected chi connectivity index (χ2v) is 4.96. The molecule has 1 N–H and O–H groups in total. The minimum Gasteiger partial charge on any atom is -0.495 e. The summed E-state index contributed by atoms with van der Waals surface area (Å²) in [6.45, 7) is 0. The fourth-order valence-electron chi connectivity index (χ4n) is 1.68. The van der Waals surface area contributed by atoms with Crippen molar-refractivity contribution < 1.29 is 9.53 Å². The van der Waals surface area contributed by atoms with Crippen LogP contribution >= 0.6 is 15.9 Å². The number of anilines is 1. The first-order valence-corrected chi connectivity index (χ1v) is 6.86. The molecule has 0 unspecified atom stereocenters. The Kier molecular flexibility index (Phi) is 4.96. The second kappa shape index (κ2) is 6.91. The molecular formula is C16H14BrNO2. The molecule has 0 saturated carbocycles. The number of hydrogen-bond acceptors (Lipinski definition) is 3. The summed E-state index contributed by atoms with van der Waals surface area (Å²) >= 11 is 3.34. The third-order valence-corrected chi connectivity index (χ3v) is 3.24. The second-order valence-electron chi connectivity index (χ2n) is 4.05. The Hall–Kier alpha value is -2.07. The van der Waals surface area contributed by atoms with Gasteiger partial charge in [-0.05, 0) is 36.4 Å². The zero-order valence-corrected chi connectivity index (χ0v) is 12.6. The van der Waals surface area contributed by atoms with Crippen LogP contribution in [-0.4, -0.2) is 12.9 Å². The molecule has 102 valence electrons. The van der Waals surface area contributed by atoms with Crippen LogP contribution in [0.4, 0.5) is 5.69 Å². The van der Waals surface area contributed by atoms with Gasteiger partial charge in [0.05, 0.1) is 12.8 Å². The molecular weight excluding hydrogens is 318 g/mol. The molecule has 0 spiro atoms. The fraction of sp³-hybridized carbons (Fsp3) is 0.0625. The predicted octanol–water partition coefficient (Wildman–Crippen LogP) is 4.27. The fourth-order valence-corrected chi connectivity index (χ4v) is 1.95. The average Bonchev–Trinajstić information content (AvgIpc) is 2.48. The number of nitrogens with one attached hydrogen (secondary N) is 1. The molecule has 0 radical (unpaired) electrons. The van der Waals surface area contributed by atoms with E-state index in [2.05, 4.69) is 21.2 Å². The first-order chi connectivity index (χ1) is 9.70. The molecule has 4 heteroatoms. The molecule has 20 heavy (non-hydrogen) atoms. The Morgan fingerprint density at radius 3 is 2.55 bits per heavy atom. The minimum atomic E-state index is -0.0557. The highest BCUT2D eigenvalue weighted by atomic mass is 79.9. The number of ether oxygens (including phenoxy) is 1. The summed E-state index contributed by atoms with van der Waals surface area (Å²) in [7, 11) is 1.61. The van der Waals surface area contributed by atoms with E-state index in [1.807, 2.05) is 36.4 Å². The molecule has 3 nitrogen and oxygen atoms in total. The normalized spacial score (nSPS) is 10.5. The van der Waals surface area contributed by atoms with Crippen LogP contribution in [0.3, 0.4) is 0 Å². The van der Waals surface area contributed by atoms with Crippen LogP contribution in [0.2, 0.25) is 0 Å². The van der Waals surface area contributed by atoms with Gasteiger partial charge in [-0.2, -0.15) is 0 Å². The first kappa shape index (κ1) is 14.3. The molecule has 2 aromatic carbocycles. The zero-order chi connectivity index (χ0) is 14.4. The largest absolute Gasteiger partial charge is 0.495 e.